The second kappa shape index (κ2) is 5.38. The highest BCUT2D eigenvalue weighted by Gasteiger charge is 2.39. The van der Waals surface area contributed by atoms with Gasteiger partial charge in [-0.2, -0.15) is 0 Å². The fourth-order valence-corrected chi connectivity index (χ4v) is 3.82. The van der Waals surface area contributed by atoms with E-state index in [0.717, 1.165) is 30.8 Å². The third-order valence-electron chi connectivity index (χ3n) is 4.62. The van der Waals surface area contributed by atoms with E-state index in [9.17, 15) is 4.79 Å². The van der Waals surface area contributed by atoms with Crippen LogP contribution in [0.2, 0.25) is 0 Å². The minimum Gasteiger partial charge on any atom is -0.469 e. The minimum absolute atomic E-state index is 0.0106. The summed E-state index contributed by atoms with van der Waals surface area (Å²) in [5, 5.41) is 0. The molecule has 3 heteroatoms. The Balaban J connectivity index is 1.74. The van der Waals surface area contributed by atoms with Gasteiger partial charge in [0.15, 0.2) is 0 Å². The number of hydrogen-bond donors (Lipinski definition) is 0. The van der Waals surface area contributed by atoms with Gasteiger partial charge in [0, 0.05) is 13.1 Å². The SMILES string of the molecule is COC(=O)C(C)CN(C)CC1CC2CCC1C2. The molecule has 2 aliphatic carbocycles. The largest absolute Gasteiger partial charge is 0.469 e. The van der Waals surface area contributed by atoms with E-state index in [-0.39, 0.29) is 11.9 Å². The Morgan fingerprint density at radius 3 is 2.71 bits per heavy atom. The topological polar surface area (TPSA) is 29.5 Å². The molecule has 0 aromatic rings. The third kappa shape index (κ3) is 3.01. The number of fused-ring (bicyclic) bond motifs is 2. The van der Waals surface area contributed by atoms with Crippen molar-refractivity contribution >= 4 is 5.97 Å². The minimum atomic E-state index is -0.0928. The molecule has 4 atom stereocenters. The predicted octanol–water partition coefficient (Wildman–Crippen LogP) is 2.16. The molecule has 3 nitrogen and oxygen atoms in total. The molecule has 0 radical (unpaired) electrons. The van der Waals surface area contributed by atoms with Gasteiger partial charge in [0.1, 0.15) is 0 Å². The van der Waals surface area contributed by atoms with E-state index in [2.05, 4.69) is 11.9 Å². The molecule has 98 valence electrons. The first-order valence-electron chi connectivity index (χ1n) is 6.86. The van der Waals surface area contributed by atoms with E-state index >= 15 is 0 Å². The smallest absolute Gasteiger partial charge is 0.309 e. The van der Waals surface area contributed by atoms with Crippen molar-refractivity contribution in [2.75, 3.05) is 27.2 Å². The van der Waals surface area contributed by atoms with Gasteiger partial charge in [0.2, 0.25) is 0 Å². The van der Waals surface area contributed by atoms with Gasteiger partial charge in [0.25, 0.3) is 0 Å². The summed E-state index contributed by atoms with van der Waals surface area (Å²) in [7, 11) is 3.60. The lowest BCUT2D eigenvalue weighted by Gasteiger charge is -2.28. The van der Waals surface area contributed by atoms with Crippen LogP contribution in [0.25, 0.3) is 0 Å². The van der Waals surface area contributed by atoms with Crippen molar-refractivity contribution in [1.82, 2.24) is 4.90 Å². The molecular weight excluding hydrogens is 214 g/mol. The quantitative estimate of drug-likeness (QED) is 0.689. The predicted molar refractivity (Wildman–Crippen MR) is 67.6 cm³/mol. The maximum atomic E-state index is 11.4. The van der Waals surface area contributed by atoms with Crippen LogP contribution in [0, 0.1) is 23.7 Å². The number of rotatable bonds is 5. The first kappa shape index (κ1) is 12.9. The molecule has 2 bridgehead atoms. The van der Waals surface area contributed by atoms with E-state index in [4.69, 9.17) is 4.74 Å². The average molecular weight is 239 g/mol. The second-order valence-corrected chi connectivity index (χ2v) is 6.08. The molecular formula is C14H25NO2. The molecule has 2 fully saturated rings. The van der Waals surface area contributed by atoms with Crippen LogP contribution in [-0.2, 0) is 9.53 Å². The first-order chi connectivity index (χ1) is 8.10. The summed E-state index contributed by atoms with van der Waals surface area (Å²) >= 11 is 0. The maximum absolute atomic E-state index is 11.4. The number of nitrogens with zero attached hydrogens (tertiary/aromatic N) is 1. The van der Waals surface area contributed by atoms with Crippen LogP contribution in [0.3, 0.4) is 0 Å². The van der Waals surface area contributed by atoms with Crippen molar-refractivity contribution in [1.29, 1.82) is 0 Å². The van der Waals surface area contributed by atoms with E-state index in [1.807, 2.05) is 6.92 Å². The Morgan fingerprint density at radius 1 is 1.41 bits per heavy atom. The van der Waals surface area contributed by atoms with Gasteiger partial charge >= 0.3 is 5.97 Å². The highest BCUT2D eigenvalue weighted by atomic mass is 16.5. The van der Waals surface area contributed by atoms with Crippen molar-refractivity contribution in [2.45, 2.75) is 32.6 Å². The lowest BCUT2D eigenvalue weighted by molar-refractivity contribution is -0.145. The van der Waals surface area contributed by atoms with Crippen molar-refractivity contribution < 1.29 is 9.53 Å². The molecule has 0 aromatic carbocycles. The van der Waals surface area contributed by atoms with Crippen LogP contribution in [0.4, 0.5) is 0 Å². The van der Waals surface area contributed by atoms with Crippen molar-refractivity contribution in [2.24, 2.45) is 23.7 Å². The van der Waals surface area contributed by atoms with Gasteiger partial charge in [-0.05, 0) is 44.1 Å². The van der Waals surface area contributed by atoms with Crippen LogP contribution >= 0.6 is 0 Å². The number of carbonyl (C=O) groups is 1. The Bertz CT molecular complexity index is 279. The maximum Gasteiger partial charge on any atom is 0.309 e. The Hall–Kier alpha value is -0.570. The molecule has 4 unspecified atom stereocenters. The standard InChI is InChI=1S/C14H25NO2/c1-10(14(16)17-3)8-15(2)9-13-7-11-4-5-12(13)6-11/h10-13H,4-9H2,1-3H3. The summed E-state index contributed by atoms with van der Waals surface area (Å²) in [5.74, 6) is 2.75. The van der Waals surface area contributed by atoms with Gasteiger partial charge in [-0.3, -0.25) is 4.79 Å². The fourth-order valence-electron chi connectivity index (χ4n) is 3.82. The zero-order valence-electron chi connectivity index (χ0n) is 11.3. The lowest BCUT2D eigenvalue weighted by Crippen LogP contribution is -2.34. The number of carbonyl (C=O) groups excluding carboxylic acids is 1. The third-order valence-corrected chi connectivity index (χ3v) is 4.62. The Labute approximate surface area is 105 Å². The summed E-state index contributed by atoms with van der Waals surface area (Å²) in [6.45, 7) is 3.92. The molecule has 0 amide bonds. The summed E-state index contributed by atoms with van der Waals surface area (Å²) in [6, 6.07) is 0. The molecule has 0 saturated heterocycles. The molecule has 0 aromatic heterocycles. The van der Waals surface area contributed by atoms with Gasteiger partial charge in [-0.25, -0.2) is 0 Å². The van der Waals surface area contributed by atoms with Crippen molar-refractivity contribution in [3.05, 3.63) is 0 Å². The zero-order chi connectivity index (χ0) is 12.4. The summed E-state index contributed by atoms with van der Waals surface area (Å²) in [5.41, 5.74) is 0. The number of esters is 1. The van der Waals surface area contributed by atoms with Crippen molar-refractivity contribution in [3.8, 4) is 0 Å². The van der Waals surface area contributed by atoms with Crippen LogP contribution < -0.4 is 0 Å². The number of methoxy groups -OCH3 is 1. The van der Waals surface area contributed by atoms with E-state index in [1.165, 1.54) is 32.8 Å². The van der Waals surface area contributed by atoms with Gasteiger partial charge < -0.3 is 9.64 Å². The van der Waals surface area contributed by atoms with Crippen LogP contribution in [0.1, 0.15) is 32.6 Å². The number of ether oxygens (including phenoxy) is 1. The van der Waals surface area contributed by atoms with E-state index in [1.54, 1.807) is 0 Å². The highest BCUT2D eigenvalue weighted by Crippen LogP contribution is 2.48. The monoisotopic (exact) mass is 239 g/mol. The fraction of sp³-hybridized carbons (Fsp3) is 0.929. The van der Waals surface area contributed by atoms with Gasteiger partial charge in [0.05, 0.1) is 13.0 Å². The second-order valence-electron chi connectivity index (χ2n) is 6.08. The van der Waals surface area contributed by atoms with Crippen LogP contribution in [0.5, 0.6) is 0 Å². The molecule has 0 N–H and O–H groups in total. The average Bonchev–Trinajstić information content (AvgIpc) is 2.89. The molecule has 17 heavy (non-hydrogen) atoms. The Morgan fingerprint density at radius 2 is 2.18 bits per heavy atom. The lowest BCUT2D eigenvalue weighted by atomic mass is 9.88. The zero-order valence-corrected chi connectivity index (χ0v) is 11.3. The van der Waals surface area contributed by atoms with Crippen LogP contribution in [-0.4, -0.2) is 38.1 Å². The molecule has 2 saturated carbocycles. The molecule has 0 heterocycles. The summed E-state index contributed by atoms with van der Waals surface area (Å²) in [6.07, 6.45) is 5.78. The van der Waals surface area contributed by atoms with Gasteiger partial charge in [-0.1, -0.05) is 13.3 Å². The summed E-state index contributed by atoms with van der Waals surface area (Å²) < 4.78 is 4.77. The number of hydrogen-bond acceptors (Lipinski definition) is 3. The first-order valence-corrected chi connectivity index (χ1v) is 6.86. The highest BCUT2D eigenvalue weighted by molar-refractivity contribution is 5.72. The Kier molecular flexibility index (Phi) is 4.08. The van der Waals surface area contributed by atoms with Crippen molar-refractivity contribution in [3.63, 3.8) is 0 Å². The van der Waals surface area contributed by atoms with E-state index in [0.29, 0.717) is 0 Å². The van der Waals surface area contributed by atoms with Gasteiger partial charge in [-0.15, -0.1) is 0 Å². The molecule has 2 aliphatic rings. The van der Waals surface area contributed by atoms with E-state index < -0.39 is 0 Å². The molecule has 0 spiro atoms. The molecule has 0 aliphatic heterocycles. The normalized spacial score (nSPS) is 33.1. The molecule has 2 rings (SSSR count). The van der Waals surface area contributed by atoms with Crippen LogP contribution in [0.15, 0.2) is 0 Å². The summed E-state index contributed by atoms with van der Waals surface area (Å²) in [4.78, 5) is 13.7.